The number of carbonyl (C=O) groups excluding carboxylic acids is 1. The molecular formula is C10H17F3N2O. The molecule has 1 aliphatic heterocycles. The summed E-state index contributed by atoms with van der Waals surface area (Å²) >= 11 is 0. The van der Waals surface area contributed by atoms with Crippen LogP contribution in [0.3, 0.4) is 0 Å². The van der Waals surface area contributed by atoms with Gasteiger partial charge in [-0.05, 0) is 19.4 Å². The molecular weight excluding hydrogens is 221 g/mol. The van der Waals surface area contributed by atoms with Crippen LogP contribution in [0.25, 0.3) is 0 Å². The van der Waals surface area contributed by atoms with E-state index in [4.69, 9.17) is 0 Å². The van der Waals surface area contributed by atoms with E-state index in [-0.39, 0.29) is 19.5 Å². The van der Waals surface area contributed by atoms with E-state index >= 15 is 0 Å². The van der Waals surface area contributed by atoms with Crippen molar-refractivity contribution >= 4 is 5.91 Å². The highest BCUT2D eigenvalue weighted by molar-refractivity contribution is 5.84. The first kappa shape index (κ1) is 13.3. The summed E-state index contributed by atoms with van der Waals surface area (Å²) in [7, 11) is 1.43. The van der Waals surface area contributed by atoms with Crippen LogP contribution in [-0.4, -0.2) is 43.7 Å². The molecule has 1 amide bonds. The summed E-state index contributed by atoms with van der Waals surface area (Å²) < 4.78 is 38.9. The molecule has 94 valence electrons. The van der Waals surface area contributed by atoms with Crippen molar-refractivity contribution < 1.29 is 18.0 Å². The molecule has 1 heterocycles. The van der Waals surface area contributed by atoms with Gasteiger partial charge in [-0.1, -0.05) is 6.92 Å². The summed E-state index contributed by atoms with van der Waals surface area (Å²) in [6, 6.07) is 0. The van der Waals surface area contributed by atoms with Crippen molar-refractivity contribution in [1.82, 2.24) is 10.2 Å². The van der Waals surface area contributed by atoms with Crippen molar-refractivity contribution in [2.75, 3.05) is 26.7 Å². The molecule has 0 aromatic carbocycles. The van der Waals surface area contributed by atoms with Gasteiger partial charge in [0.25, 0.3) is 0 Å². The Balaban J connectivity index is 2.90. The molecule has 1 fully saturated rings. The molecule has 0 aromatic heterocycles. The number of rotatable bonds is 3. The molecule has 0 saturated carbocycles. The van der Waals surface area contributed by atoms with Crippen LogP contribution in [0.2, 0.25) is 0 Å². The van der Waals surface area contributed by atoms with Gasteiger partial charge in [-0.2, -0.15) is 13.2 Å². The standard InChI is InChI=1S/C10H17F3N2O/c1-3-6-15(2)8(16)9(10(11,12)13)4-5-14-7-9/h14H,3-7H2,1-2H3. The molecule has 0 aromatic rings. The molecule has 1 atom stereocenters. The maximum atomic E-state index is 13.0. The molecule has 3 nitrogen and oxygen atoms in total. The number of halogens is 3. The predicted octanol–water partition coefficient (Wildman–Crippen LogP) is 1.40. The van der Waals surface area contributed by atoms with Crippen molar-refractivity contribution in [3.63, 3.8) is 0 Å². The average molecular weight is 238 g/mol. The first-order valence-electron chi connectivity index (χ1n) is 5.38. The minimum absolute atomic E-state index is 0.163. The third kappa shape index (κ3) is 2.16. The Bertz CT molecular complexity index is 259. The van der Waals surface area contributed by atoms with E-state index in [1.807, 2.05) is 6.92 Å². The highest BCUT2D eigenvalue weighted by Crippen LogP contribution is 2.44. The van der Waals surface area contributed by atoms with Crippen LogP contribution in [0.4, 0.5) is 13.2 Å². The highest BCUT2D eigenvalue weighted by atomic mass is 19.4. The van der Waals surface area contributed by atoms with E-state index in [1.54, 1.807) is 0 Å². The van der Waals surface area contributed by atoms with Gasteiger partial charge in [0, 0.05) is 20.1 Å². The van der Waals surface area contributed by atoms with Crippen LogP contribution in [0, 0.1) is 5.41 Å². The molecule has 0 aliphatic carbocycles. The molecule has 1 saturated heterocycles. The number of hydrogen-bond acceptors (Lipinski definition) is 2. The van der Waals surface area contributed by atoms with Crippen LogP contribution in [-0.2, 0) is 4.79 Å². The van der Waals surface area contributed by atoms with E-state index in [0.29, 0.717) is 13.0 Å². The molecule has 16 heavy (non-hydrogen) atoms. The lowest BCUT2D eigenvalue weighted by molar-refractivity contribution is -0.221. The normalized spacial score (nSPS) is 25.8. The van der Waals surface area contributed by atoms with Crippen molar-refractivity contribution in [3.8, 4) is 0 Å². The van der Waals surface area contributed by atoms with Gasteiger partial charge < -0.3 is 10.2 Å². The maximum Gasteiger partial charge on any atom is 0.404 e. The Hall–Kier alpha value is -0.780. The largest absolute Gasteiger partial charge is 0.404 e. The molecule has 0 bridgehead atoms. The average Bonchev–Trinajstić information content (AvgIpc) is 2.65. The first-order valence-corrected chi connectivity index (χ1v) is 5.38. The minimum atomic E-state index is -4.48. The SMILES string of the molecule is CCCN(C)C(=O)C1(C(F)(F)F)CCNC1. The fourth-order valence-corrected chi connectivity index (χ4v) is 2.04. The molecule has 1 rings (SSSR count). The third-order valence-electron chi connectivity index (χ3n) is 3.01. The maximum absolute atomic E-state index is 13.0. The molecule has 0 radical (unpaired) electrons. The van der Waals surface area contributed by atoms with Crippen LogP contribution in [0.5, 0.6) is 0 Å². The topological polar surface area (TPSA) is 32.3 Å². The second kappa shape index (κ2) is 4.61. The van der Waals surface area contributed by atoms with Crippen LogP contribution in [0.1, 0.15) is 19.8 Å². The quantitative estimate of drug-likeness (QED) is 0.806. The second-order valence-corrected chi connectivity index (χ2v) is 4.23. The zero-order valence-corrected chi connectivity index (χ0v) is 9.52. The summed E-state index contributed by atoms with van der Waals surface area (Å²) in [5.74, 6) is -0.813. The molecule has 6 heteroatoms. The molecule has 1 unspecified atom stereocenters. The lowest BCUT2D eigenvalue weighted by Crippen LogP contribution is -2.52. The Kier molecular flexibility index (Phi) is 3.83. The number of alkyl halides is 3. The predicted molar refractivity (Wildman–Crippen MR) is 53.9 cm³/mol. The first-order chi connectivity index (χ1) is 7.35. The van der Waals surface area contributed by atoms with E-state index in [0.717, 1.165) is 0 Å². The summed E-state index contributed by atoms with van der Waals surface area (Å²) in [4.78, 5) is 13.1. The van der Waals surface area contributed by atoms with Gasteiger partial charge >= 0.3 is 6.18 Å². The Morgan fingerprint density at radius 2 is 2.12 bits per heavy atom. The molecule has 0 spiro atoms. The lowest BCUT2D eigenvalue weighted by Gasteiger charge is -2.33. The van der Waals surface area contributed by atoms with E-state index in [1.165, 1.54) is 11.9 Å². The van der Waals surface area contributed by atoms with Gasteiger partial charge in [-0.3, -0.25) is 4.79 Å². The fraction of sp³-hybridized carbons (Fsp3) is 0.900. The van der Waals surface area contributed by atoms with Gasteiger partial charge in [0.2, 0.25) is 5.91 Å². The van der Waals surface area contributed by atoms with Gasteiger partial charge in [0.15, 0.2) is 5.41 Å². The number of nitrogens with one attached hydrogen (secondary N) is 1. The van der Waals surface area contributed by atoms with Gasteiger partial charge in [-0.15, -0.1) is 0 Å². The lowest BCUT2D eigenvalue weighted by atomic mass is 9.84. The number of nitrogens with zero attached hydrogens (tertiary/aromatic N) is 1. The van der Waals surface area contributed by atoms with Crippen molar-refractivity contribution in [1.29, 1.82) is 0 Å². The zero-order valence-electron chi connectivity index (χ0n) is 9.52. The Labute approximate surface area is 93.0 Å². The monoisotopic (exact) mass is 238 g/mol. The molecule has 1 aliphatic rings. The van der Waals surface area contributed by atoms with Crippen LogP contribution < -0.4 is 5.32 Å². The smallest absolute Gasteiger partial charge is 0.345 e. The van der Waals surface area contributed by atoms with Gasteiger partial charge in [0.1, 0.15) is 0 Å². The Morgan fingerprint density at radius 3 is 2.50 bits per heavy atom. The van der Waals surface area contributed by atoms with Crippen LogP contribution >= 0.6 is 0 Å². The van der Waals surface area contributed by atoms with E-state index in [9.17, 15) is 18.0 Å². The summed E-state index contributed by atoms with van der Waals surface area (Å²) in [5, 5.41) is 2.63. The van der Waals surface area contributed by atoms with Gasteiger partial charge in [0.05, 0.1) is 0 Å². The van der Waals surface area contributed by atoms with Crippen molar-refractivity contribution in [2.45, 2.75) is 25.9 Å². The summed E-state index contributed by atoms with van der Waals surface area (Å²) in [6.45, 7) is 2.13. The molecule has 1 N–H and O–H groups in total. The number of carbonyl (C=O) groups is 1. The third-order valence-corrected chi connectivity index (χ3v) is 3.01. The number of amides is 1. The van der Waals surface area contributed by atoms with E-state index < -0.39 is 17.5 Å². The van der Waals surface area contributed by atoms with Crippen molar-refractivity contribution in [3.05, 3.63) is 0 Å². The van der Waals surface area contributed by atoms with E-state index in [2.05, 4.69) is 5.32 Å². The summed E-state index contributed by atoms with van der Waals surface area (Å²) in [6.07, 6.45) is -3.98. The summed E-state index contributed by atoms with van der Waals surface area (Å²) in [5.41, 5.74) is -2.21. The second-order valence-electron chi connectivity index (χ2n) is 4.23. The minimum Gasteiger partial charge on any atom is -0.345 e. The highest BCUT2D eigenvalue weighted by Gasteiger charge is 2.62. The Morgan fingerprint density at radius 1 is 1.50 bits per heavy atom. The zero-order chi connectivity index (χ0) is 12.4. The van der Waals surface area contributed by atoms with Crippen molar-refractivity contribution in [2.24, 2.45) is 5.41 Å². The number of hydrogen-bond donors (Lipinski definition) is 1. The fourth-order valence-electron chi connectivity index (χ4n) is 2.04. The van der Waals surface area contributed by atoms with Crippen LogP contribution in [0.15, 0.2) is 0 Å². The van der Waals surface area contributed by atoms with Gasteiger partial charge in [-0.25, -0.2) is 0 Å².